The van der Waals surface area contributed by atoms with E-state index in [4.69, 9.17) is 0 Å². The molecular weight excluding hydrogens is 196 g/mol. The third-order valence-corrected chi connectivity index (χ3v) is 3.39. The molecule has 86 valence electrons. The van der Waals surface area contributed by atoms with Crippen LogP contribution in [0.25, 0.3) is 10.9 Å². The number of H-pyrrole nitrogens is 1. The number of hydrogen-bond acceptors (Lipinski definition) is 1. The summed E-state index contributed by atoms with van der Waals surface area (Å²) in [6.45, 7) is 8.71. The molecule has 0 saturated heterocycles. The lowest BCUT2D eigenvalue weighted by molar-refractivity contribution is 0.634. The van der Waals surface area contributed by atoms with Crippen molar-refractivity contribution in [3.8, 4) is 0 Å². The monoisotopic (exact) mass is 216 g/mol. The fraction of sp³-hybridized carbons (Fsp3) is 0.429. The molecule has 1 unspecified atom stereocenters. The fourth-order valence-electron chi connectivity index (χ4n) is 2.51. The molecule has 2 nitrogen and oxygen atoms in total. The van der Waals surface area contributed by atoms with E-state index in [0.717, 1.165) is 0 Å². The highest BCUT2D eigenvalue weighted by molar-refractivity contribution is 5.88. The summed E-state index contributed by atoms with van der Waals surface area (Å²) in [5.41, 5.74) is 6.60. The maximum absolute atomic E-state index is 3.53. The first-order chi connectivity index (χ1) is 7.54. The lowest BCUT2D eigenvalue weighted by atomic mass is 10.0. The highest BCUT2D eigenvalue weighted by atomic mass is 14.9. The Morgan fingerprint density at radius 2 is 1.88 bits per heavy atom. The molecule has 0 radical (unpaired) electrons. The number of fused-ring (bicyclic) bond motifs is 1. The van der Waals surface area contributed by atoms with Crippen LogP contribution in [-0.2, 0) is 0 Å². The average Bonchev–Trinajstić information content (AvgIpc) is 2.54. The molecule has 2 rings (SSSR count). The van der Waals surface area contributed by atoms with Gasteiger partial charge >= 0.3 is 0 Å². The van der Waals surface area contributed by atoms with Crippen LogP contribution < -0.4 is 5.32 Å². The minimum absolute atomic E-state index is 0.368. The normalized spacial score (nSPS) is 13.3. The van der Waals surface area contributed by atoms with Crippen molar-refractivity contribution in [1.29, 1.82) is 0 Å². The van der Waals surface area contributed by atoms with Gasteiger partial charge in [0.15, 0.2) is 0 Å². The van der Waals surface area contributed by atoms with Gasteiger partial charge in [-0.05, 0) is 57.5 Å². The molecule has 2 N–H and O–H groups in total. The van der Waals surface area contributed by atoms with Gasteiger partial charge in [0.05, 0.1) is 0 Å². The summed E-state index contributed by atoms with van der Waals surface area (Å²) < 4.78 is 0. The first-order valence-corrected chi connectivity index (χ1v) is 5.81. The third-order valence-electron chi connectivity index (χ3n) is 3.39. The average molecular weight is 216 g/mol. The Labute approximate surface area is 97.1 Å². The molecule has 1 aromatic heterocycles. The van der Waals surface area contributed by atoms with Gasteiger partial charge in [0.2, 0.25) is 0 Å². The van der Waals surface area contributed by atoms with Crippen LogP contribution >= 0.6 is 0 Å². The minimum atomic E-state index is 0.368. The van der Waals surface area contributed by atoms with E-state index < -0.39 is 0 Å². The van der Waals surface area contributed by atoms with Crippen molar-refractivity contribution in [3.63, 3.8) is 0 Å². The molecule has 0 aliphatic heterocycles. The van der Waals surface area contributed by atoms with E-state index in [1.165, 1.54) is 33.3 Å². The van der Waals surface area contributed by atoms with Gasteiger partial charge in [0, 0.05) is 22.6 Å². The van der Waals surface area contributed by atoms with Crippen molar-refractivity contribution in [2.24, 2.45) is 0 Å². The van der Waals surface area contributed by atoms with E-state index in [1.54, 1.807) is 0 Å². The molecule has 1 heterocycles. The van der Waals surface area contributed by atoms with E-state index in [2.05, 4.69) is 50.1 Å². The maximum Gasteiger partial charge on any atom is 0.0464 e. The Morgan fingerprint density at radius 1 is 1.19 bits per heavy atom. The minimum Gasteiger partial charge on any atom is -0.357 e. The van der Waals surface area contributed by atoms with Gasteiger partial charge in [-0.2, -0.15) is 0 Å². The number of aromatic nitrogens is 1. The summed E-state index contributed by atoms with van der Waals surface area (Å²) in [6, 6.07) is 4.84. The first kappa shape index (κ1) is 11.2. The third kappa shape index (κ3) is 1.63. The van der Waals surface area contributed by atoms with Crippen LogP contribution in [-0.4, -0.2) is 12.0 Å². The molecule has 0 bridgehead atoms. The Kier molecular flexibility index (Phi) is 2.76. The second-order valence-corrected chi connectivity index (χ2v) is 4.68. The Hall–Kier alpha value is -1.28. The molecule has 2 heteroatoms. The van der Waals surface area contributed by atoms with Crippen molar-refractivity contribution in [1.82, 2.24) is 10.3 Å². The van der Waals surface area contributed by atoms with Crippen molar-refractivity contribution in [2.75, 3.05) is 7.05 Å². The SMILES string of the molecule is CNC(C)c1[nH]c2cc(C)cc(C)c2c1C. The largest absolute Gasteiger partial charge is 0.357 e. The van der Waals surface area contributed by atoms with Gasteiger partial charge in [0.1, 0.15) is 0 Å². The number of benzene rings is 1. The summed E-state index contributed by atoms with van der Waals surface area (Å²) in [7, 11) is 1.99. The van der Waals surface area contributed by atoms with Crippen LogP contribution in [0.1, 0.15) is 35.3 Å². The molecule has 0 aliphatic carbocycles. The molecule has 0 spiro atoms. The Bertz CT molecular complexity index is 523. The molecular formula is C14H20N2. The van der Waals surface area contributed by atoms with Gasteiger partial charge in [0.25, 0.3) is 0 Å². The highest BCUT2D eigenvalue weighted by Crippen LogP contribution is 2.29. The molecule has 0 amide bonds. The van der Waals surface area contributed by atoms with E-state index in [1.807, 2.05) is 7.05 Å². The number of hydrogen-bond donors (Lipinski definition) is 2. The predicted molar refractivity (Wildman–Crippen MR) is 70.0 cm³/mol. The zero-order chi connectivity index (χ0) is 11.9. The van der Waals surface area contributed by atoms with Crippen LogP contribution in [0.4, 0.5) is 0 Å². The molecule has 1 atom stereocenters. The number of aromatic amines is 1. The standard InChI is InChI=1S/C14H20N2/c1-8-6-9(2)13-10(3)14(11(4)15-5)16-12(13)7-8/h6-7,11,15-16H,1-5H3. The van der Waals surface area contributed by atoms with Crippen LogP contribution in [0.15, 0.2) is 12.1 Å². The predicted octanol–water partition coefficient (Wildman–Crippen LogP) is 3.37. The summed E-state index contributed by atoms with van der Waals surface area (Å²) >= 11 is 0. The molecule has 16 heavy (non-hydrogen) atoms. The van der Waals surface area contributed by atoms with E-state index in [9.17, 15) is 0 Å². The van der Waals surface area contributed by atoms with Crippen LogP contribution in [0.2, 0.25) is 0 Å². The van der Waals surface area contributed by atoms with Gasteiger partial charge in [-0.15, -0.1) is 0 Å². The van der Waals surface area contributed by atoms with Crippen molar-refractivity contribution < 1.29 is 0 Å². The van der Waals surface area contributed by atoms with E-state index in [-0.39, 0.29) is 0 Å². The van der Waals surface area contributed by atoms with Crippen LogP contribution in [0, 0.1) is 20.8 Å². The van der Waals surface area contributed by atoms with Crippen molar-refractivity contribution >= 4 is 10.9 Å². The van der Waals surface area contributed by atoms with Gasteiger partial charge in [-0.1, -0.05) is 6.07 Å². The second-order valence-electron chi connectivity index (χ2n) is 4.68. The summed E-state index contributed by atoms with van der Waals surface area (Å²) in [4.78, 5) is 3.53. The number of rotatable bonds is 2. The fourth-order valence-corrected chi connectivity index (χ4v) is 2.51. The van der Waals surface area contributed by atoms with Crippen LogP contribution in [0.3, 0.4) is 0 Å². The van der Waals surface area contributed by atoms with Crippen molar-refractivity contribution in [3.05, 3.63) is 34.5 Å². The van der Waals surface area contributed by atoms with Gasteiger partial charge in [-0.25, -0.2) is 0 Å². The zero-order valence-corrected chi connectivity index (χ0v) is 10.7. The lowest BCUT2D eigenvalue weighted by Crippen LogP contribution is -2.13. The summed E-state index contributed by atoms with van der Waals surface area (Å²) in [5.74, 6) is 0. The topological polar surface area (TPSA) is 27.8 Å². The quantitative estimate of drug-likeness (QED) is 0.791. The molecule has 2 aromatic rings. The molecule has 0 saturated carbocycles. The second kappa shape index (κ2) is 3.95. The van der Waals surface area contributed by atoms with E-state index in [0.29, 0.717) is 6.04 Å². The molecule has 0 aliphatic rings. The smallest absolute Gasteiger partial charge is 0.0464 e. The van der Waals surface area contributed by atoms with Crippen molar-refractivity contribution in [2.45, 2.75) is 33.7 Å². The lowest BCUT2D eigenvalue weighted by Gasteiger charge is -2.09. The first-order valence-electron chi connectivity index (χ1n) is 5.81. The Balaban J connectivity index is 2.73. The zero-order valence-electron chi connectivity index (χ0n) is 10.7. The number of aryl methyl sites for hydroxylation is 3. The Morgan fingerprint density at radius 3 is 2.50 bits per heavy atom. The molecule has 1 aromatic carbocycles. The van der Waals surface area contributed by atoms with Gasteiger partial charge in [-0.3, -0.25) is 0 Å². The molecule has 0 fully saturated rings. The highest BCUT2D eigenvalue weighted by Gasteiger charge is 2.13. The summed E-state index contributed by atoms with van der Waals surface area (Å²) in [6.07, 6.45) is 0. The van der Waals surface area contributed by atoms with E-state index >= 15 is 0 Å². The van der Waals surface area contributed by atoms with Crippen LogP contribution in [0.5, 0.6) is 0 Å². The maximum atomic E-state index is 3.53. The summed E-state index contributed by atoms with van der Waals surface area (Å²) in [5, 5.41) is 4.66. The number of nitrogens with one attached hydrogen (secondary N) is 2. The van der Waals surface area contributed by atoms with Gasteiger partial charge < -0.3 is 10.3 Å².